The first kappa shape index (κ1) is 16.2. The van der Waals surface area contributed by atoms with Crippen molar-refractivity contribution in [3.63, 3.8) is 0 Å². The number of benzene rings is 1. The van der Waals surface area contributed by atoms with Crippen molar-refractivity contribution in [2.75, 3.05) is 13.2 Å². The van der Waals surface area contributed by atoms with E-state index in [1.54, 1.807) is 6.20 Å². The summed E-state index contributed by atoms with van der Waals surface area (Å²) in [7, 11) is 0. The zero-order valence-corrected chi connectivity index (χ0v) is 14.6. The lowest BCUT2D eigenvalue weighted by molar-refractivity contribution is 0.315. The van der Waals surface area contributed by atoms with Crippen LogP contribution in [0.1, 0.15) is 37.4 Å². The molecule has 112 valence electrons. The van der Waals surface area contributed by atoms with Crippen LogP contribution in [0, 0.1) is 3.57 Å². The van der Waals surface area contributed by atoms with E-state index in [0.29, 0.717) is 0 Å². The Balaban J connectivity index is 2.32. The van der Waals surface area contributed by atoms with E-state index >= 15 is 0 Å². The Kier molecular flexibility index (Phi) is 6.45. The van der Waals surface area contributed by atoms with Crippen LogP contribution in [0.4, 0.5) is 0 Å². The molecule has 1 aromatic carbocycles. The Morgan fingerprint density at radius 3 is 2.76 bits per heavy atom. The molecule has 0 aliphatic rings. The summed E-state index contributed by atoms with van der Waals surface area (Å²) in [5.74, 6) is 0.836. The van der Waals surface area contributed by atoms with E-state index in [2.05, 4.69) is 77.1 Å². The highest BCUT2D eigenvalue weighted by Gasteiger charge is 2.16. The van der Waals surface area contributed by atoms with Crippen molar-refractivity contribution in [1.29, 1.82) is 0 Å². The molecule has 0 amide bonds. The van der Waals surface area contributed by atoms with Crippen molar-refractivity contribution in [3.05, 3.63) is 57.4 Å². The fraction of sp³-hybridized carbons (Fsp3) is 0.353. The van der Waals surface area contributed by atoms with Gasteiger partial charge in [0.15, 0.2) is 0 Å². The number of rotatable bonds is 7. The van der Waals surface area contributed by atoms with Crippen LogP contribution in [0.15, 0.2) is 42.7 Å². The van der Waals surface area contributed by atoms with E-state index in [4.69, 9.17) is 4.74 Å². The van der Waals surface area contributed by atoms with Crippen LogP contribution in [-0.2, 0) is 0 Å². The fourth-order valence-electron chi connectivity index (χ4n) is 2.21. The number of hydrogen-bond acceptors (Lipinski definition) is 3. The minimum atomic E-state index is 0.140. The quantitative estimate of drug-likeness (QED) is 0.714. The lowest BCUT2D eigenvalue weighted by Crippen LogP contribution is -2.23. The standard InChI is InChI=1S/C17H21IN2O/c1-3-9-21-14-10-13(11-19-12-14)17(20-4-2)15-7-5-6-8-16(15)18/h5-8,10-12,17,20H,3-4,9H2,1-2H3. The van der Waals surface area contributed by atoms with Gasteiger partial charge in [0.25, 0.3) is 0 Å². The van der Waals surface area contributed by atoms with Crippen molar-refractivity contribution in [1.82, 2.24) is 10.3 Å². The van der Waals surface area contributed by atoms with Crippen LogP contribution < -0.4 is 10.1 Å². The number of nitrogens with zero attached hydrogens (tertiary/aromatic N) is 1. The predicted octanol–water partition coefficient (Wildman–Crippen LogP) is 4.17. The first-order chi connectivity index (χ1) is 10.3. The van der Waals surface area contributed by atoms with Gasteiger partial charge in [-0.05, 0) is 58.8 Å². The topological polar surface area (TPSA) is 34.1 Å². The second-order valence-electron chi connectivity index (χ2n) is 4.81. The van der Waals surface area contributed by atoms with Gasteiger partial charge in [0.05, 0.1) is 18.8 Å². The number of ether oxygens (including phenoxy) is 1. The average Bonchev–Trinajstić information content (AvgIpc) is 2.52. The molecule has 0 spiro atoms. The van der Waals surface area contributed by atoms with E-state index in [1.165, 1.54) is 9.13 Å². The maximum Gasteiger partial charge on any atom is 0.137 e. The molecule has 21 heavy (non-hydrogen) atoms. The molecular weight excluding hydrogens is 375 g/mol. The van der Waals surface area contributed by atoms with Gasteiger partial charge in [-0.25, -0.2) is 0 Å². The molecule has 4 heteroatoms. The molecule has 2 rings (SSSR count). The molecule has 0 fully saturated rings. The molecule has 1 aromatic heterocycles. The minimum Gasteiger partial charge on any atom is -0.492 e. The summed E-state index contributed by atoms with van der Waals surface area (Å²) in [6.45, 7) is 5.84. The zero-order chi connectivity index (χ0) is 15.1. The van der Waals surface area contributed by atoms with Crippen LogP contribution in [0.2, 0.25) is 0 Å². The SMILES string of the molecule is CCCOc1cncc(C(NCC)c2ccccc2I)c1. The zero-order valence-electron chi connectivity index (χ0n) is 12.5. The van der Waals surface area contributed by atoms with Crippen molar-refractivity contribution in [2.24, 2.45) is 0 Å². The summed E-state index contributed by atoms with van der Waals surface area (Å²) in [5, 5.41) is 3.54. The third kappa shape index (κ3) is 4.41. The molecule has 1 atom stereocenters. The van der Waals surface area contributed by atoms with E-state index in [0.717, 1.165) is 30.9 Å². The normalized spacial score (nSPS) is 12.1. The third-order valence-electron chi connectivity index (χ3n) is 3.16. The number of hydrogen-bond donors (Lipinski definition) is 1. The van der Waals surface area contributed by atoms with E-state index < -0.39 is 0 Å². The molecule has 1 heterocycles. The summed E-state index contributed by atoms with van der Waals surface area (Å²) in [5.41, 5.74) is 2.41. The molecule has 2 aromatic rings. The van der Waals surface area contributed by atoms with Crippen molar-refractivity contribution < 1.29 is 4.74 Å². The monoisotopic (exact) mass is 396 g/mol. The van der Waals surface area contributed by atoms with Crippen LogP contribution in [-0.4, -0.2) is 18.1 Å². The lowest BCUT2D eigenvalue weighted by Gasteiger charge is -2.20. The Bertz CT molecular complexity index is 574. The molecule has 0 aliphatic heterocycles. The Labute approximate surface area is 140 Å². The van der Waals surface area contributed by atoms with Gasteiger partial charge < -0.3 is 10.1 Å². The van der Waals surface area contributed by atoms with Crippen LogP contribution in [0.5, 0.6) is 5.75 Å². The van der Waals surface area contributed by atoms with Crippen LogP contribution in [0.25, 0.3) is 0 Å². The second kappa shape index (κ2) is 8.34. The molecule has 0 aliphatic carbocycles. The molecule has 1 N–H and O–H groups in total. The van der Waals surface area contributed by atoms with Crippen molar-refractivity contribution in [2.45, 2.75) is 26.3 Å². The fourth-order valence-corrected chi connectivity index (χ4v) is 2.91. The molecular formula is C17H21IN2O. The summed E-state index contributed by atoms with van der Waals surface area (Å²) >= 11 is 2.38. The Hall–Kier alpha value is -1.14. The smallest absolute Gasteiger partial charge is 0.137 e. The van der Waals surface area contributed by atoms with Gasteiger partial charge in [-0.1, -0.05) is 32.0 Å². The van der Waals surface area contributed by atoms with E-state index in [-0.39, 0.29) is 6.04 Å². The molecule has 0 saturated heterocycles. The lowest BCUT2D eigenvalue weighted by atomic mass is 10.00. The third-order valence-corrected chi connectivity index (χ3v) is 4.15. The van der Waals surface area contributed by atoms with Gasteiger partial charge in [0.2, 0.25) is 0 Å². The summed E-state index contributed by atoms with van der Waals surface area (Å²) < 4.78 is 6.95. The highest BCUT2D eigenvalue weighted by atomic mass is 127. The highest BCUT2D eigenvalue weighted by Crippen LogP contribution is 2.27. The van der Waals surface area contributed by atoms with Gasteiger partial charge in [-0.15, -0.1) is 0 Å². The number of pyridine rings is 1. The van der Waals surface area contributed by atoms with Gasteiger partial charge >= 0.3 is 0 Å². The van der Waals surface area contributed by atoms with Gasteiger partial charge in [-0.3, -0.25) is 4.98 Å². The van der Waals surface area contributed by atoms with Crippen LogP contribution in [0.3, 0.4) is 0 Å². The molecule has 3 nitrogen and oxygen atoms in total. The largest absolute Gasteiger partial charge is 0.492 e. The molecule has 1 unspecified atom stereocenters. The molecule has 0 radical (unpaired) electrons. The van der Waals surface area contributed by atoms with Crippen molar-refractivity contribution in [3.8, 4) is 5.75 Å². The maximum absolute atomic E-state index is 5.70. The van der Waals surface area contributed by atoms with E-state index in [9.17, 15) is 0 Å². The number of halogens is 1. The number of aromatic nitrogens is 1. The number of nitrogens with one attached hydrogen (secondary N) is 1. The summed E-state index contributed by atoms with van der Waals surface area (Å²) in [6.07, 6.45) is 4.69. The minimum absolute atomic E-state index is 0.140. The van der Waals surface area contributed by atoms with Gasteiger partial charge in [-0.2, -0.15) is 0 Å². The van der Waals surface area contributed by atoms with E-state index in [1.807, 2.05) is 6.20 Å². The van der Waals surface area contributed by atoms with Gasteiger partial charge in [0.1, 0.15) is 5.75 Å². The Morgan fingerprint density at radius 2 is 2.05 bits per heavy atom. The average molecular weight is 396 g/mol. The van der Waals surface area contributed by atoms with Gasteiger partial charge in [0, 0.05) is 9.77 Å². The highest BCUT2D eigenvalue weighted by molar-refractivity contribution is 14.1. The molecule has 0 saturated carbocycles. The summed E-state index contributed by atoms with van der Waals surface area (Å²) in [6, 6.07) is 10.7. The summed E-state index contributed by atoms with van der Waals surface area (Å²) in [4.78, 5) is 4.33. The van der Waals surface area contributed by atoms with Crippen LogP contribution >= 0.6 is 22.6 Å². The first-order valence-corrected chi connectivity index (χ1v) is 8.39. The first-order valence-electron chi connectivity index (χ1n) is 7.31. The maximum atomic E-state index is 5.70. The molecule has 0 bridgehead atoms. The predicted molar refractivity (Wildman–Crippen MR) is 94.7 cm³/mol. The Morgan fingerprint density at radius 1 is 1.24 bits per heavy atom. The second-order valence-corrected chi connectivity index (χ2v) is 5.98. The van der Waals surface area contributed by atoms with Crippen molar-refractivity contribution >= 4 is 22.6 Å².